The lowest BCUT2D eigenvalue weighted by molar-refractivity contribution is -0.383. The quantitative estimate of drug-likeness (QED) is 0.407. The van der Waals surface area contributed by atoms with Gasteiger partial charge in [0.1, 0.15) is 12.4 Å². The number of hydrogen-bond acceptors (Lipinski definition) is 5. The summed E-state index contributed by atoms with van der Waals surface area (Å²) in [6, 6.07) is 18.4. The Hall–Kier alpha value is -2.83. The topological polar surface area (TPSA) is 58.9 Å². The van der Waals surface area contributed by atoms with Crippen LogP contribution in [-0.2, 0) is 0 Å². The molecule has 0 N–H and O–H groups in total. The van der Waals surface area contributed by atoms with E-state index in [9.17, 15) is 10.1 Å². The average molecular weight is 412 g/mol. The predicted molar refractivity (Wildman–Crippen MR) is 116 cm³/mol. The first-order chi connectivity index (χ1) is 14.1. The molecule has 1 aliphatic rings. The maximum absolute atomic E-state index is 11.4. The van der Waals surface area contributed by atoms with E-state index in [1.807, 2.05) is 48.5 Å². The molecule has 1 fully saturated rings. The average Bonchev–Trinajstić information content (AvgIpc) is 2.73. The van der Waals surface area contributed by atoms with E-state index in [0.717, 1.165) is 49.3 Å². The first-order valence-electron chi connectivity index (χ1n) is 9.70. The number of fused-ring (bicyclic) bond motifs is 1. The molecule has 0 bridgehead atoms. The second kappa shape index (κ2) is 8.68. The molecule has 0 amide bonds. The molecular weight excluding hydrogens is 390 g/mol. The number of benzene rings is 3. The molecule has 0 atom stereocenters. The molecule has 1 saturated heterocycles. The first kappa shape index (κ1) is 19.5. The number of rotatable bonds is 6. The predicted octanol–water partition coefficient (Wildman–Crippen LogP) is 5.30. The van der Waals surface area contributed by atoms with E-state index in [1.54, 1.807) is 12.1 Å². The van der Waals surface area contributed by atoms with Crippen molar-refractivity contribution in [2.45, 2.75) is 12.8 Å². The minimum absolute atomic E-state index is 0.136. The SMILES string of the molecule is O=[N+]([O-])c1ccc(N2CCCCN2CCOc2cccc(Cl)c2)c2ccccc12. The zero-order valence-electron chi connectivity index (χ0n) is 16.0. The Kier molecular flexibility index (Phi) is 5.83. The summed E-state index contributed by atoms with van der Waals surface area (Å²) in [5.74, 6) is 0.752. The Bertz CT molecular complexity index is 1030. The van der Waals surface area contributed by atoms with Crippen LogP contribution in [0.15, 0.2) is 60.7 Å². The van der Waals surface area contributed by atoms with Crippen LogP contribution >= 0.6 is 11.6 Å². The van der Waals surface area contributed by atoms with E-state index < -0.39 is 0 Å². The van der Waals surface area contributed by atoms with Crippen molar-refractivity contribution in [2.75, 3.05) is 31.3 Å². The van der Waals surface area contributed by atoms with Crippen molar-refractivity contribution in [1.82, 2.24) is 5.01 Å². The van der Waals surface area contributed by atoms with Gasteiger partial charge < -0.3 is 9.75 Å². The van der Waals surface area contributed by atoms with E-state index in [1.165, 1.54) is 0 Å². The monoisotopic (exact) mass is 411 g/mol. The van der Waals surface area contributed by atoms with Crippen molar-refractivity contribution in [2.24, 2.45) is 0 Å². The minimum atomic E-state index is -0.321. The Morgan fingerprint density at radius 1 is 1.00 bits per heavy atom. The van der Waals surface area contributed by atoms with Crippen molar-refractivity contribution in [3.8, 4) is 5.75 Å². The molecule has 0 saturated carbocycles. The van der Waals surface area contributed by atoms with Crippen LogP contribution in [0.3, 0.4) is 0 Å². The lowest BCUT2D eigenvalue weighted by atomic mass is 10.1. The third-order valence-electron chi connectivity index (χ3n) is 5.14. The van der Waals surface area contributed by atoms with E-state index in [4.69, 9.17) is 16.3 Å². The van der Waals surface area contributed by atoms with Crippen LogP contribution in [0.4, 0.5) is 11.4 Å². The summed E-state index contributed by atoms with van der Waals surface area (Å²) < 4.78 is 5.87. The van der Waals surface area contributed by atoms with Crippen LogP contribution < -0.4 is 9.75 Å². The number of nitro benzene ring substituents is 1. The maximum Gasteiger partial charge on any atom is 0.277 e. The van der Waals surface area contributed by atoms with E-state index in [0.29, 0.717) is 17.0 Å². The highest BCUT2D eigenvalue weighted by Crippen LogP contribution is 2.35. The molecule has 29 heavy (non-hydrogen) atoms. The van der Waals surface area contributed by atoms with Gasteiger partial charge in [-0.2, -0.15) is 0 Å². The molecule has 3 aromatic carbocycles. The number of hydrazine groups is 1. The number of nitrogens with zero attached hydrogens (tertiary/aromatic N) is 3. The molecule has 1 aliphatic heterocycles. The van der Waals surface area contributed by atoms with Gasteiger partial charge in [-0.05, 0) is 43.2 Å². The van der Waals surface area contributed by atoms with Crippen molar-refractivity contribution in [1.29, 1.82) is 0 Å². The molecule has 150 valence electrons. The molecule has 0 aliphatic carbocycles. The van der Waals surface area contributed by atoms with Gasteiger partial charge in [0.2, 0.25) is 0 Å². The van der Waals surface area contributed by atoms with E-state index in [-0.39, 0.29) is 10.6 Å². The molecule has 0 unspecified atom stereocenters. The van der Waals surface area contributed by atoms with Gasteiger partial charge in [0.05, 0.1) is 22.5 Å². The fourth-order valence-corrected chi connectivity index (χ4v) is 3.98. The van der Waals surface area contributed by atoms with Crippen LogP contribution in [0.2, 0.25) is 5.02 Å². The number of ether oxygens (including phenoxy) is 1. The number of nitro groups is 1. The smallest absolute Gasteiger partial charge is 0.277 e. The zero-order chi connectivity index (χ0) is 20.2. The Morgan fingerprint density at radius 2 is 1.79 bits per heavy atom. The van der Waals surface area contributed by atoms with Gasteiger partial charge in [0.15, 0.2) is 0 Å². The molecule has 4 rings (SSSR count). The summed E-state index contributed by atoms with van der Waals surface area (Å²) in [6.45, 7) is 3.04. The fourth-order valence-electron chi connectivity index (χ4n) is 3.80. The summed E-state index contributed by atoms with van der Waals surface area (Å²) in [4.78, 5) is 11.1. The van der Waals surface area contributed by atoms with E-state index >= 15 is 0 Å². The normalized spacial score (nSPS) is 14.9. The Balaban J connectivity index is 1.56. The first-order valence-corrected chi connectivity index (χ1v) is 10.1. The second-order valence-electron chi connectivity index (χ2n) is 7.00. The number of halogens is 1. The summed E-state index contributed by atoms with van der Waals surface area (Å²) in [5.41, 5.74) is 1.13. The third kappa shape index (κ3) is 4.28. The van der Waals surface area contributed by atoms with Gasteiger partial charge in [-0.15, -0.1) is 0 Å². The van der Waals surface area contributed by atoms with Crippen LogP contribution in [0.1, 0.15) is 12.8 Å². The minimum Gasteiger partial charge on any atom is -0.492 e. The fraction of sp³-hybridized carbons (Fsp3) is 0.273. The summed E-state index contributed by atoms with van der Waals surface area (Å²) in [5, 5.41) is 18.1. The lowest BCUT2D eigenvalue weighted by Gasteiger charge is -2.40. The maximum atomic E-state index is 11.4. The standard InChI is InChI=1S/C22H22ClN3O3/c23-17-6-5-7-18(16-17)29-15-14-24-12-3-4-13-25(24)21-10-11-22(26(27)28)20-9-2-1-8-19(20)21/h1-2,5-11,16H,3-4,12-15H2. The van der Waals surface area contributed by atoms with Gasteiger partial charge in [-0.3, -0.25) is 10.1 Å². The summed E-state index contributed by atoms with van der Waals surface area (Å²) >= 11 is 6.02. The van der Waals surface area contributed by atoms with Crippen LogP contribution in [0, 0.1) is 10.1 Å². The summed E-state index contributed by atoms with van der Waals surface area (Å²) in [6.07, 6.45) is 2.19. The number of hydrogen-bond donors (Lipinski definition) is 0. The van der Waals surface area contributed by atoms with Crippen molar-refractivity contribution >= 4 is 33.7 Å². The molecule has 1 heterocycles. The van der Waals surface area contributed by atoms with Crippen molar-refractivity contribution in [3.63, 3.8) is 0 Å². The molecule has 6 nitrogen and oxygen atoms in total. The molecule has 7 heteroatoms. The second-order valence-corrected chi connectivity index (χ2v) is 7.43. The highest BCUT2D eigenvalue weighted by atomic mass is 35.5. The van der Waals surface area contributed by atoms with Crippen molar-refractivity contribution < 1.29 is 9.66 Å². The van der Waals surface area contributed by atoms with Crippen LogP contribution in [0.25, 0.3) is 10.8 Å². The molecule has 0 spiro atoms. The van der Waals surface area contributed by atoms with Gasteiger partial charge in [-0.25, -0.2) is 5.01 Å². The third-order valence-corrected chi connectivity index (χ3v) is 5.38. The van der Waals surface area contributed by atoms with Crippen LogP contribution in [-0.4, -0.2) is 36.2 Å². The highest BCUT2D eigenvalue weighted by Gasteiger charge is 2.24. The molecule has 3 aromatic rings. The zero-order valence-corrected chi connectivity index (χ0v) is 16.7. The Morgan fingerprint density at radius 3 is 2.59 bits per heavy atom. The van der Waals surface area contributed by atoms with Gasteiger partial charge in [0.25, 0.3) is 5.69 Å². The van der Waals surface area contributed by atoms with Crippen LogP contribution in [0.5, 0.6) is 5.75 Å². The lowest BCUT2D eigenvalue weighted by Crippen LogP contribution is -2.49. The van der Waals surface area contributed by atoms with Crippen molar-refractivity contribution in [3.05, 3.63) is 75.8 Å². The Labute approximate surface area is 174 Å². The molecule has 0 aromatic heterocycles. The summed E-state index contributed by atoms with van der Waals surface area (Å²) in [7, 11) is 0. The molecular formula is C22H22ClN3O3. The highest BCUT2D eigenvalue weighted by molar-refractivity contribution is 6.30. The van der Waals surface area contributed by atoms with E-state index in [2.05, 4.69) is 10.0 Å². The van der Waals surface area contributed by atoms with Gasteiger partial charge in [-0.1, -0.05) is 35.9 Å². The van der Waals surface area contributed by atoms with Gasteiger partial charge >= 0.3 is 0 Å². The number of non-ortho nitro benzene ring substituents is 1. The number of anilines is 1. The molecule has 0 radical (unpaired) electrons. The van der Waals surface area contributed by atoms with Gasteiger partial charge in [0, 0.05) is 29.6 Å². The largest absolute Gasteiger partial charge is 0.492 e.